The van der Waals surface area contributed by atoms with Crippen LogP contribution in [0.5, 0.6) is 0 Å². The number of amides is 1. The summed E-state index contributed by atoms with van der Waals surface area (Å²) < 4.78 is 15.0. The van der Waals surface area contributed by atoms with Gasteiger partial charge in [0.15, 0.2) is 5.16 Å². The molecule has 1 aliphatic heterocycles. The minimum atomic E-state index is -0.320. The molecule has 2 aromatic rings. The lowest BCUT2D eigenvalue weighted by atomic mass is 9.99. The number of likely N-dealkylation sites (tertiary alicyclic amines) is 1. The fourth-order valence-corrected chi connectivity index (χ4v) is 3.57. The van der Waals surface area contributed by atoms with Crippen molar-refractivity contribution in [2.45, 2.75) is 18.0 Å². The SMILES string of the molecule is CSc1ncc(C(=O)N2CCCC(CO)C2)n1-c1ccc(F)cc1. The minimum absolute atomic E-state index is 0.0943. The second-order valence-corrected chi connectivity index (χ2v) is 6.66. The van der Waals surface area contributed by atoms with Crippen LogP contribution in [0.4, 0.5) is 4.39 Å². The molecule has 3 rings (SSSR count). The van der Waals surface area contributed by atoms with Crippen LogP contribution in [0.15, 0.2) is 35.6 Å². The Labute approximate surface area is 144 Å². The summed E-state index contributed by atoms with van der Waals surface area (Å²) in [6.07, 6.45) is 5.28. The number of carbonyl (C=O) groups is 1. The molecule has 1 amide bonds. The van der Waals surface area contributed by atoms with Crippen molar-refractivity contribution in [3.8, 4) is 5.69 Å². The number of piperidine rings is 1. The predicted octanol–water partition coefficient (Wildman–Crippen LogP) is 2.58. The van der Waals surface area contributed by atoms with E-state index in [4.69, 9.17) is 0 Å². The zero-order valence-electron chi connectivity index (χ0n) is 13.5. The van der Waals surface area contributed by atoms with Crippen molar-refractivity contribution in [2.24, 2.45) is 5.92 Å². The maximum atomic E-state index is 13.2. The van der Waals surface area contributed by atoms with Gasteiger partial charge in [0.25, 0.3) is 5.91 Å². The van der Waals surface area contributed by atoms with Gasteiger partial charge in [0.1, 0.15) is 11.5 Å². The summed E-state index contributed by atoms with van der Waals surface area (Å²) in [6.45, 7) is 1.33. The van der Waals surface area contributed by atoms with E-state index in [1.807, 2.05) is 6.26 Å². The molecule has 1 saturated heterocycles. The van der Waals surface area contributed by atoms with E-state index in [9.17, 15) is 14.3 Å². The summed E-state index contributed by atoms with van der Waals surface area (Å²) in [4.78, 5) is 19.0. The van der Waals surface area contributed by atoms with Crippen LogP contribution in [0, 0.1) is 11.7 Å². The maximum Gasteiger partial charge on any atom is 0.272 e. The molecule has 7 heteroatoms. The molecule has 1 aromatic heterocycles. The first kappa shape index (κ1) is 17.0. The fourth-order valence-electron chi connectivity index (χ4n) is 3.03. The Morgan fingerprint density at radius 3 is 2.83 bits per heavy atom. The van der Waals surface area contributed by atoms with Crippen LogP contribution in [0.1, 0.15) is 23.3 Å². The lowest BCUT2D eigenvalue weighted by Crippen LogP contribution is -2.41. The van der Waals surface area contributed by atoms with Gasteiger partial charge in [-0.2, -0.15) is 0 Å². The quantitative estimate of drug-likeness (QED) is 0.862. The number of aliphatic hydroxyl groups is 1. The Kier molecular flexibility index (Phi) is 5.20. The highest BCUT2D eigenvalue weighted by molar-refractivity contribution is 7.98. The first-order valence-electron chi connectivity index (χ1n) is 7.92. The lowest BCUT2D eigenvalue weighted by Gasteiger charge is -2.32. The van der Waals surface area contributed by atoms with Gasteiger partial charge in [-0.15, -0.1) is 0 Å². The van der Waals surface area contributed by atoms with Crippen molar-refractivity contribution in [2.75, 3.05) is 26.0 Å². The highest BCUT2D eigenvalue weighted by atomic mass is 32.2. The fraction of sp³-hybridized carbons (Fsp3) is 0.412. The van der Waals surface area contributed by atoms with Gasteiger partial charge in [0.05, 0.1) is 6.20 Å². The number of benzene rings is 1. The number of halogens is 1. The van der Waals surface area contributed by atoms with Crippen LogP contribution < -0.4 is 0 Å². The first-order valence-corrected chi connectivity index (χ1v) is 9.14. The van der Waals surface area contributed by atoms with Crippen LogP contribution in [-0.4, -0.2) is 51.4 Å². The van der Waals surface area contributed by atoms with E-state index in [0.717, 1.165) is 12.8 Å². The number of hydrogen-bond donors (Lipinski definition) is 1. The largest absolute Gasteiger partial charge is 0.396 e. The summed E-state index contributed by atoms with van der Waals surface area (Å²) in [5, 5.41) is 10.0. The molecule has 0 saturated carbocycles. The molecule has 1 fully saturated rings. The van der Waals surface area contributed by atoms with E-state index in [1.54, 1.807) is 27.8 Å². The number of nitrogens with zero attached hydrogens (tertiary/aromatic N) is 3. The van der Waals surface area contributed by atoms with E-state index < -0.39 is 0 Å². The van der Waals surface area contributed by atoms with Gasteiger partial charge in [0, 0.05) is 25.4 Å². The van der Waals surface area contributed by atoms with Crippen molar-refractivity contribution in [1.29, 1.82) is 0 Å². The number of aliphatic hydroxyl groups excluding tert-OH is 1. The van der Waals surface area contributed by atoms with E-state index >= 15 is 0 Å². The highest BCUT2D eigenvalue weighted by Gasteiger charge is 2.27. The average molecular weight is 349 g/mol. The van der Waals surface area contributed by atoms with Gasteiger partial charge in [-0.25, -0.2) is 9.37 Å². The van der Waals surface area contributed by atoms with Crippen molar-refractivity contribution < 1.29 is 14.3 Å². The van der Waals surface area contributed by atoms with Gasteiger partial charge in [-0.1, -0.05) is 11.8 Å². The molecule has 1 N–H and O–H groups in total. The minimum Gasteiger partial charge on any atom is -0.396 e. The molecule has 0 spiro atoms. The standard InChI is InChI=1S/C17H20FN3O2S/c1-24-17-19-9-15(21(17)14-6-4-13(18)5-7-14)16(23)20-8-2-3-12(10-20)11-22/h4-7,9,12,22H,2-3,8,10-11H2,1H3. The maximum absolute atomic E-state index is 13.2. The Hall–Kier alpha value is -1.86. The smallest absolute Gasteiger partial charge is 0.272 e. The van der Waals surface area contributed by atoms with Crippen LogP contribution >= 0.6 is 11.8 Å². The lowest BCUT2D eigenvalue weighted by molar-refractivity contribution is 0.0612. The van der Waals surface area contributed by atoms with Crippen molar-refractivity contribution in [3.05, 3.63) is 42.0 Å². The monoisotopic (exact) mass is 349 g/mol. The molecule has 2 heterocycles. The molecule has 1 atom stereocenters. The summed E-state index contributed by atoms with van der Waals surface area (Å²) in [7, 11) is 0. The van der Waals surface area contributed by atoms with Crippen LogP contribution in [0.25, 0.3) is 5.69 Å². The van der Waals surface area contributed by atoms with Gasteiger partial charge in [0.2, 0.25) is 0 Å². The van der Waals surface area contributed by atoms with Gasteiger partial charge in [-0.05, 0) is 49.3 Å². The van der Waals surface area contributed by atoms with Crippen LogP contribution in [-0.2, 0) is 0 Å². The molecule has 5 nitrogen and oxygen atoms in total. The Morgan fingerprint density at radius 2 is 2.17 bits per heavy atom. The van der Waals surface area contributed by atoms with Crippen molar-refractivity contribution in [3.63, 3.8) is 0 Å². The number of imidazole rings is 1. The van der Waals surface area contributed by atoms with Crippen LogP contribution in [0.2, 0.25) is 0 Å². The number of thioether (sulfide) groups is 1. The third kappa shape index (κ3) is 3.32. The van der Waals surface area contributed by atoms with E-state index in [-0.39, 0.29) is 24.2 Å². The molecular weight excluding hydrogens is 329 g/mol. The van der Waals surface area contributed by atoms with Crippen LogP contribution in [0.3, 0.4) is 0 Å². The molecule has 24 heavy (non-hydrogen) atoms. The second kappa shape index (κ2) is 7.36. The second-order valence-electron chi connectivity index (χ2n) is 5.88. The third-order valence-corrected chi connectivity index (χ3v) is 4.93. The number of rotatable bonds is 4. The van der Waals surface area contributed by atoms with Crippen molar-refractivity contribution >= 4 is 17.7 Å². The number of hydrogen-bond acceptors (Lipinski definition) is 4. The molecular formula is C17H20FN3O2S. The molecule has 0 bridgehead atoms. The number of carbonyl (C=O) groups excluding carboxylic acids is 1. The molecule has 128 valence electrons. The highest BCUT2D eigenvalue weighted by Crippen LogP contribution is 2.25. The first-order chi connectivity index (χ1) is 11.6. The van der Waals surface area contributed by atoms with Crippen molar-refractivity contribution in [1.82, 2.24) is 14.5 Å². The summed E-state index contributed by atoms with van der Waals surface area (Å²) >= 11 is 1.43. The Balaban J connectivity index is 1.94. The Bertz CT molecular complexity index is 717. The normalized spacial score (nSPS) is 18.0. The van der Waals surface area contributed by atoms with Gasteiger partial charge < -0.3 is 10.0 Å². The molecule has 1 aliphatic rings. The average Bonchev–Trinajstić information content (AvgIpc) is 3.05. The molecule has 0 aliphatic carbocycles. The molecule has 1 unspecified atom stereocenters. The molecule has 1 aromatic carbocycles. The molecule has 0 radical (unpaired) electrons. The Morgan fingerprint density at radius 1 is 1.42 bits per heavy atom. The predicted molar refractivity (Wildman–Crippen MR) is 91.0 cm³/mol. The van der Waals surface area contributed by atoms with E-state index in [0.29, 0.717) is 29.6 Å². The van der Waals surface area contributed by atoms with Gasteiger partial charge >= 0.3 is 0 Å². The summed E-state index contributed by atoms with van der Waals surface area (Å²) in [5.41, 5.74) is 1.17. The number of aromatic nitrogens is 2. The summed E-state index contributed by atoms with van der Waals surface area (Å²) in [6, 6.07) is 6.02. The zero-order chi connectivity index (χ0) is 17.1. The zero-order valence-corrected chi connectivity index (χ0v) is 14.3. The van der Waals surface area contributed by atoms with E-state index in [1.165, 1.54) is 23.9 Å². The van der Waals surface area contributed by atoms with E-state index in [2.05, 4.69) is 4.98 Å². The third-order valence-electron chi connectivity index (χ3n) is 4.28. The summed E-state index contributed by atoms with van der Waals surface area (Å²) in [5.74, 6) is -0.297. The van der Waals surface area contributed by atoms with Gasteiger partial charge in [-0.3, -0.25) is 9.36 Å². The topological polar surface area (TPSA) is 58.4 Å².